The van der Waals surface area contributed by atoms with Crippen LogP contribution < -0.4 is 4.90 Å². The molecule has 2 aromatic rings. The molecule has 3 atom stereocenters. The standard InChI is InChI=1S/C20H18ClN3O2/c21-14-8-4-9-15(12-14)24-19(25)16-17(13-6-2-1-3-7-13)22-10-5-11-23(22)18(16)20(24)26/h1-4,6-9,12,16-18H,5,10-11H2/t16-,17-,18+/m0/s1. The molecule has 3 aliphatic rings. The fourth-order valence-corrected chi connectivity index (χ4v) is 4.82. The number of fused-ring (bicyclic) bond motifs is 3. The molecule has 2 amide bonds. The quantitative estimate of drug-likeness (QED) is 0.766. The van der Waals surface area contributed by atoms with E-state index < -0.39 is 6.04 Å². The average Bonchev–Trinajstić information content (AvgIpc) is 3.28. The summed E-state index contributed by atoms with van der Waals surface area (Å²) in [6.07, 6.45) is 1.01. The molecule has 0 N–H and O–H groups in total. The van der Waals surface area contributed by atoms with E-state index in [1.807, 2.05) is 30.3 Å². The second kappa shape index (κ2) is 5.91. The molecule has 2 aromatic carbocycles. The van der Waals surface area contributed by atoms with Crippen LogP contribution in [0.3, 0.4) is 0 Å². The minimum atomic E-state index is -0.422. The summed E-state index contributed by atoms with van der Waals surface area (Å²) in [6.45, 7) is 1.69. The van der Waals surface area contributed by atoms with Crippen molar-refractivity contribution in [1.29, 1.82) is 0 Å². The number of hydrogen-bond acceptors (Lipinski definition) is 4. The maximum absolute atomic E-state index is 13.3. The van der Waals surface area contributed by atoms with Crippen molar-refractivity contribution in [1.82, 2.24) is 10.0 Å². The maximum Gasteiger partial charge on any atom is 0.253 e. The predicted molar refractivity (Wildman–Crippen MR) is 98.4 cm³/mol. The lowest BCUT2D eigenvalue weighted by Crippen LogP contribution is -2.44. The van der Waals surface area contributed by atoms with E-state index in [0.29, 0.717) is 10.7 Å². The Kier molecular flexibility index (Phi) is 3.64. The SMILES string of the molecule is O=C1[C@@H]2[C@H](C(=O)N1c1cccc(Cl)c1)N1CCCN1[C@H]2c1ccccc1. The number of rotatable bonds is 2. The van der Waals surface area contributed by atoms with Crippen LogP contribution in [-0.2, 0) is 9.59 Å². The molecule has 0 bridgehead atoms. The van der Waals surface area contributed by atoms with Crippen molar-refractivity contribution < 1.29 is 9.59 Å². The van der Waals surface area contributed by atoms with Gasteiger partial charge in [-0.1, -0.05) is 48.0 Å². The van der Waals surface area contributed by atoms with Gasteiger partial charge in [0, 0.05) is 18.1 Å². The van der Waals surface area contributed by atoms with Gasteiger partial charge in [-0.3, -0.25) is 9.59 Å². The minimum Gasteiger partial charge on any atom is -0.274 e. The van der Waals surface area contributed by atoms with Gasteiger partial charge in [-0.2, -0.15) is 0 Å². The summed E-state index contributed by atoms with van der Waals surface area (Å²) in [7, 11) is 0. The number of amides is 2. The van der Waals surface area contributed by atoms with Gasteiger partial charge in [-0.25, -0.2) is 14.9 Å². The Labute approximate surface area is 156 Å². The molecule has 0 spiro atoms. The highest BCUT2D eigenvalue weighted by atomic mass is 35.5. The fraction of sp³-hybridized carbons (Fsp3) is 0.300. The van der Waals surface area contributed by atoms with Crippen LogP contribution in [-0.4, -0.2) is 41.0 Å². The van der Waals surface area contributed by atoms with E-state index >= 15 is 0 Å². The first kappa shape index (κ1) is 16.0. The zero-order valence-corrected chi connectivity index (χ0v) is 14.8. The third-order valence-corrected chi connectivity index (χ3v) is 5.85. The van der Waals surface area contributed by atoms with Crippen LogP contribution in [0, 0.1) is 5.92 Å². The molecule has 0 aromatic heterocycles. The first-order valence-electron chi connectivity index (χ1n) is 8.88. The van der Waals surface area contributed by atoms with Crippen molar-refractivity contribution in [3.05, 3.63) is 65.2 Å². The highest BCUT2D eigenvalue weighted by Gasteiger charge is 2.62. The number of carbonyl (C=O) groups is 2. The lowest BCUT2D eigenvalue weighted by molar-refractivity contribution is -0.126. The number of benzene rings is 2. The molecular weight excluding hydrogens is 350 g/mol. The first-order chi connectivity index (χ1) is 12.7. The molecule has 132 valence electrons. The van der Waals surface area contributed by atoms with Gasteiger partial charge in [0.25, 0.3) is 5.91 Å². The van der Waals surface area contributed by atoms with Gasteiger partial charge < -0.3 is 0 Å². The molecule has 3 heterocycles. The van der Waals surface area contributed by atoms with Crippen LogP contribution in [0.25, 0.3) is 0 Å². The Hall–Kier alpha value is -2.21. The molecule has 0 radical (unpaired) electrons. The van der Waals surface area contributed by atoms with Gasteiger partial charge in [0.15, 0.2) is 0 Å². The van der Waals surface area contributed by atoms with E-state index in [4.69, 9.17) is 11.6 Å². The normalized spacial score (nSPS) is 28.7. The van der Waals surface area contributed by atoms with Crippen LogP contribution in [0.1, 0.15) is 18.0 Å². The van der Waals surface area contributed by atoms with E-state index in [9.17, 15) is 9.59 Å². The van der Waals surface area contributed by atoms with Gasteiger partial charge in [0.2, 0.25) is 5.91 Å². The molecule has 0 unspecified atom stereocenters. The molecule has 3 saturated heterocycles. The van der Waals surface area contributed by atoms with Gasteiger partial charge in [0.05, 0.1) is 17.6 Å². The number of imide groups is 1. The summed E-state index contributed by atoms with van der Waals surface area (Å²) >= 11 is 6.09. The first-order valence-corrected chi connectivity index (χ1v) is 9.26. The number of halogens is 1. The Morgan fingerprint density at radius 2 is 1.58 bits per heavy atom. The van der Waals surface area contributed by atoms with Crippen molar-refractivity contribution in [3.8, 4) is 0 Å². The summed E-state index contributed by atoms with van der Waals surface area (Å²) < 4.78 is 0. The lowest BCUT2D eigenvalue weighted by Gasteiger charge is -2.29. The van der Waals surface area contributed by atoms with Crippen molar-refractivity contribution in [2.45, 2.75) is 18.5 Å². The molecule has 26 heavy (non-hydrogen) atoms. The van der Waals surface area contributed by atoms with E-state index in [1.54, 1.807) is 24.3 Å². The third-order valence-electron chi connectivity index (χ3n) is 5.61. The van der Waals surface area contributed by atoms with Gasteiger partial charge >= 0.3 is 0 Å². The topological polar surface area (TPSA) is 43.9 Å². The van der Waals surface area contributed by atoms with E-state index in [0.717, 1.165) is 25.1 Å². The second-order valence-corrected chi connectivity index (χ2v) is 7.43. The van der Waals surface area contributed by atoms with E-state index in [2.05, 4.69) is 10.0 Å². The van der Waals surface area contributed by atoms with Crippen LogP contribution in [0.5, 0.6) is 0 Å². The third kappa shape index (κ3) is 2.18. The number of anilines is 1. The molecule has 0 aliphatic carbocycles. The summed E-state index contributed by atoms with van der Waals surface area (Å²) in [5, 5.41) is 4.84. The highest BCUT2D eigenvalue weighted by Crippen LogP contribution is 2.48. The Morgan fingerprint density at radius 3 is 2.31 bits per heavy atom. The smallest absolute Gasteiger partial charge is 0.253 e. The monoisotopic (exact) mass is 367 g/mol. The van der Waals surface area contributed by atoms with Crippen LogP contribution in [0.15, 0.2) is 54.6 Å². The molecule has 3 fully saturated rings. The summed E-state index contributed by atoms with van der Waals surface area (Å²) in [5.74, 6) is -0.665. The van der Waals surface area contributed by atoms with Crippen molar-refractivity contribution >= 4 is 29.1 Å². The summed E-state index contributed by atoms with van der Waals surface area (Å²) in [5.41, 5.74) is 1.64. The summed E-state index contributed by atoms with van der Waals surface area (Å²) in [4.78, 5) is 27.9. The lowest BCUT2D eigenvalue weighted by atomic mass is 9.90. The van der Waals surface area contributed by atoms with Gasteiger partial charge in [-0.05, 0) is 30.2 Å². The van der Waals surface area contributed by atoms with Crippen LogP contribution in [0.2, 0.25) is 5.02 Å². The van der Waals surface area contributed by atoms with Crippen molar-refractivity contribution in [2.24, 2.45) is 5.92 Å². The fourth-order valence-electron chi connectivity index (χ4n) is 4.63. The van der Waals surface area contributed by atoms with E-state index in [1.165, 1.54) is 4.90 Å². The summed E-state index contributed by atoms with van der Waals surface area (Å²) in [6, 6.07) is 16.5. The molecule has 0 saturated carbocycles. The maximum atomic E-state index is 13.3. The largest absolute Gasteiger partial charge is 0.274 e. The molecular formula is C20H18ClN3O2. The number of hydrogen-bond donors (Lipinski definition) is 0. The van der Waals surface area contributed by atoms with Gasteiger partial charge in [0.1, 0.15) is 6.04 Å². The van der Waals surface area contributed by atoms with Gasteiger partial charge in [-0.15, -0.1) is 0 Å². The zero-order chi connectivity index (χ0) is 17.8. The van der Waals surface area contributed by atoms with Crippen molar-refractivity contribution in [3.63, 3.8) is 0 Å². The Balaban J connectivity index is 1.60. The predicted octanol–water partition coefficient (Wildman–Crippen LogP) is 2.88. The Bertz CT molecular complexity index is 888. The Morgan fingerprint density at radius 1 is 0.846 bits per heavy atom. The van der Waals surface area contributed by atoms with Crippen molar-refractivity contribution in [2.75, 3.05) is 18.0 Å². The number of hydrazine groups is 1. The highest BCUT2D eigenvalue weighted by molar-refractivity contribution is 6.31. The molecule has 6 heteroatoms. The van der Waals surface area contributed by atoms with Crippen LogP contribution >= 0.6 is 11.6 Å². The molecule has 5 nitrogen and oxygen atoms in total. The number of nitrogens with zero attached hydrogens (tertiary/aromatic N) is 3. The number of carbonyl (C=O) groups excluding carboxylic acids is 2. The second-order valence-electron chi connectivity index (χ2n) is 7.00. The van der Waals surface area contributed by atoms with Crippen LogP contribution in [0.4, 0.5) is 5.69 Å². The zero-order valence-electron chi connectivity index (χ0n) is 14.1. The molecule has 3 aliphatic heterocycles. The van der Waals surface area contributed by atoms with E-state index in [-0.39, 0.29) is 23.8 Å². The minimum absolute atomic E-state index is 0.0932. The molecule has 5 rings (SSSR count). The average molecular weight is 368 g/mol.